The lowest BCUT2D eigenvalue weighted by atomic mass is 9.98. The molecule has 0 spiro atoms. The van der Waals surface area contributed by atoms with Crippen LogP contribution in [0.15, 0.2) is 36.4 Å². The van der Waals surface area contributed by atoms with E-state index in [1.54, 1.807) is 25.1 Å². The molecule has 326 valence electrons. The molecule has 4 aliphatic heterocycles. The van der Waals surface area contributed by atoms with Gasteiger partial charge in [0, 0.05) is 44.2 Å². The van der Waals surface area contributed by atoms with E-state index in [1.165, 1.54) is 16.7 Å². The predicted molar refractivity (Wildman–Crippen MR) is 213 cm³/mol. The van der Waals surface area contributed by atoms with Crippen LogP contribution in [0, 0.1) is 31.4 Å². The average molecular weight is 840 g/mol. The van der Waals surface area contributed by atoms with Crippen LogP contribution in [0.4, 0.5) is 19.3 Å². The molecule has 18 heteroatoms. The molecule has 0 saturated carbocycles. The third-order valence-corrected chi connectivity index (χ3v) is 12.0. The van der Waals surface area contributed by atoms with Gasteiger partial charge in [0.1, 0.15) is 48.1 Å². The number of nitrogens with one attached hydrogen (secondary N) is 4. The number of nitrogens with zero attached hydrogens (tertiary/aromatic N) is 3. The number of ether oxygens (including phenoxy) is 1. The van der Waals surface area contributed by atoms with Gasteiger partial charge < -0.3 is 45.6 Å². The van der Waals surface area contributed by atoms with Crippen LogP contribution < -0.4 is 21.3 Å². The van der Waals surface area contributed by atoms with Crippen LogP contribution in [-0.4, -0.2) is 135 Å². The number of amides is 6. The molecule has 4 fully saturated rings. The van der Waals surface area contributed by atoms with Gasteiger partial charge in [-0.15, -0.1) is 0 Å². The zero-order valence-corrected chi connectivity index (χ0v) is 34.5. The summed E-state index contributed by atoms with van der Waals surface area (Å²) >= 11 is 0. The molecule has 4 saturated heterocycles. The molecular weight excluding hydrogens is 784 g/mol. The minimum atomic E-state index is -1.72. The lowest BCUT2D eigenvalue weighted by Crippen LogP contribution is -2.64. The highest BCUT2D eigenvalue weighted by Crippen LogP contribution is 2.29. The number of carbonyl (C=O) groups excluding carboxylic acids is 6. The fraction of sp³-hybridized carbons (Fsp3) is 0.571. The van der Waals surface area contributed by atoms with Gasteiger partial charge in [-0.2, -0.15) is 0 Å². The van der Waals surface area contributed by atoms with Crippen molar-refractivity contribution < 1.29 is 52.5 Å². The van der Waals surface area contributed by atoms with E-state index >= 15 is 0 Å². The lowest BCUT2D eigenvalue weighted by Gasteiger charge is -2.42. The van der Waals surface area contributed by atoms with E-state index in [0.29, 0.717) is 31.0 Å². The Morgan fingerprint density at radius 2 is 1.57 bits per heavy atom. The number of aryl methyl sites for hydroxylation is 2. The van der Waals surface area contributed by atoms with Crippen LogP contribution >= 0.6 is 0 Å². The Balaban J connectivity index is 1.35. The normalized spacial score (nSPS) is 29.6. The fourth-order valence-corrected chi connectivity index (χ4v) is 8.70. The second kappa shape index (κ2) is 18.6. The van der Waals surface area contributed by atoms with Crippen molar-refractivity contribution in [3.05, 3.63) is 64.7 Å². The summed E-state index contributed by atoms with van der Waals surface area (Å²) in [6.45, 7) is 8.63. The first kappa shape index (κ1) is 44.4. The zero-order valence-electron chi connectivity index (χ0n) is 34.5. The summed E-state index contributed by atoms with van der Waals surface area (Å²) in [5.41, 5.74) is 2.24. The number of urea groups is 1. The Bertz CT molecular complexity index is 1970. The number of piperidine rings is 1. The number of anilines is 1. The largest absolute Gasteiger partial charge is 0.458 e. The second-order valence-electron chi connectivity index (χ2n) is 16.7. The fourth-order valence-electron chi connectivity index (χ4n) is 8.70. The summed E-state index contributed by atoms with van der Waals surface area (Å²) < 4.78 is 34.6. The molecule has 60 heavy (non-hydrogen) atoms. The molecule has 0 bridgehead atoms. The maximum absolute atomic E-state index is 14.8. The Labute approximate surface area is 347 Å². The quantitative estimate of drug-likeness (QED) is 0.232. The van der Waals surface area contributed by atoms with Gasteiger partial charge in [0.2, 0.25) is 23.6 Å². The summed E-state index contributed by atoms with van der Waals surface area (Å²) in [4.78, 5) is 88.7. The third-order valence-electron chi connectivity index (χ3n) is 12.0. The molecule has 1 unspecified atom stereocenters. The van der Waals surface area contributed by atoms with Gasteiger partial charge in [0.05, 0.1) is 18.2 Å². The van der Waals surface area contributed by atoms with Crippen molar-refractivity contribution in [3.63, 3.8) is 0 Å². The molecule has 6 amide bonds. The van der Waals surface area contributed by atoms with E-state index in [1.807, 2.05) is 20.8 Å². The number of aliphatic hydroxyl groups excluding tert-OH is 2. The Hall–Kier alpha value is -5.20. The Kier molecular flexibility index (Phi) is 13.7. The Morgan fingerprint density at radius 3 is 2.27 bits per heavy atom. The standard InChI is InChI=1S/C42H55F2N7O9/c1-21-12-34-41(58)60-25(5)35(48-36(53)31(16-26-14-27(43)17-28(44)15-26)47-42(59)46-29-10-9-22(2)23(3)13-29)40(57)51-20-30(52)18-33(51)39(56)49-11-7-6-8-32(49)37(54)45-24(4)38(55)50(34)19-21/h9-10,13-15,17,21,24-25,30-35,37,45,52,54H,6-8,11-12,16,18-20H2,1-5H3,(H,48,53)(H2,46,47,59)/t21-,24+,25+,30-,31+,32+,33+,34+,35+,37?/m1/s1. The summed E-state index contributed by atoms with van der Waals surface area (Å²) in [5.74, 6) is -5.78. The number of esters is 1. The van der Waals surface area contributed by atoms with Gasteiger partial charge in [-0.3, -0.25) is 24.5 Å². The van der Waals surface area contributed by atoms with Crippen LogP contribution in [0.1, 0.15) is 69.6 Å². The van der Waals surface area contributed by atoms with Crippen molar-refractivity contribution in [2.24, 2.45) is 5.92 Å². The van der Waals surface area contributed by atoms with Crippen LogP contribution in [0.25, 0.3) is 0 Å². The molecular formula is C42H55F2N7O9. The average Bonchev–Trinajstić information content (AvgIpc) is 3.78. The number of cyclic esters (lactones) is 1. The van der Waals surface area contributed by atoms with E-state index < -0.39 is 108 Å². The van der Waals surface area contributed by atoms with Crippen LogP contribution in [0.2, 0.25) is 0 Å². The van der Waals surface area contributed by atoms with Crippen molar-refractivity contribution >= 4 is 41.3 Å². The highest BCUT2D eigenvalue weighted by atomic mass is 19.1. The number of carbonyl (C=O) groups is 6. The number of aliphatic hydroxyl groups is 2. The van der Waals surface area contributed by atoms with Gasteiger partial charge >= 0.3 is 12.0 Å². The number of rotatable bonds is 6. The second-order valence-corrected chi connectivity index (χ2v) is 16.7. The maximum atomic E-state index is 14.8. The van der Waals surface area contributed by atoms with Gasteiger partial charge in [-0.25, -0.2) is 18.4 Å². The first-order valence-corrected chi connectivity index (χ1v) is 20.5. The molecule has 0 aromatic heterocycles. The van der Waals surface area contributed by atoms with E-state index in [0.717, 1.165) is 28.2 Å². The molecule has 2 aromatic carbocycles. The highest BCUT2D eigenvalue weighted by molar-refractivity contribution is 5.97. The number of fused-ring (bicyclic) bond motifs is 3. The molecule has 6 rings (SSSR count). The van der Waals surface area contributed by atoms with Crippen molar-refractivity contribution in [2.45, 2.75) is 128 Å². The van der Waals surface area contributed by atoms with Crippen LogP contribution in [0.5, 0.6) is 0 Å². The van der Waals surface area contributed by atoms with Crippen molar-refractivity contribution in [1.82, 2.24) is 30.7 Å². The molecule has 16 nitrogen and oxygen atoms in total. The Morgan fingerprint density at radius 1 is 0.867 bits per heavy atom. The SMILES string of the molecule is Cc1ccc(NC(=O)N[C@@H](Cc2cc(F)cc(F)c2)C(=O)N[C@@H]2C(=O)N3C[C@H](O)C[C@H]3C(=O)N3CCCC[C@H]3C(O)N[C@@H](C)C(=O)N3C[C@H](C)C[C@H]3C(=O)O[C@H]2C)cc1C. The summed E-state index contributed by atoms with van der Waals surface area (Å²) in [6, 6.07) is -0.422. The summed E-state index contributed by atoms with van der Waals surface area (Å²) in [5, 5.41) is 33.0. The number of hydrogen-bond donors (Lipinski definition) is 6. The van der Waals surface area contributed by atoms with Gasteiger partial charge in [-0.1, -0.05) is 13.0 Å². The van der Waals surface area contributed by atoms with Gasteiger partial charge in [0.25, 0.3) is 0 Å². The molecule has 4 aliphatic rings. The summed E-state index contributed by atoms with van der Waals surface area (Å²) in [6.07, 6.45) is -2.66. The van der Waals surface area contributed by atoms with E-state index in [9.17, 15) is 47.8 Å². The molecule has 0 radical (unpaired) electrons. The third kappa shape index (κ3) is 10.0. The van der Waals surface area contributed by atoms with Gasteiger partial charge in [-0.05, 0) is 100 Å². The van der Waals surface area contributed by atoms with Crippen LogP contribution in [0.3, 0.4) is 0 Å². The zero-order chi connectivity index (χ0) is 43.6. The molecule has 6 N–H and O–H groups in total. The van der Waals surface area contributed by atoms with Crippen molar-refractivity contribution in [2.75, 3.05) is 25.0 Å². The molecule has 10 atom stereocenters. The molecule has 2 aromatic rings. The smallest absolute Gasteiger partial charge is 0.329 e. The van der Waals surface area contributed by atoms with Crippen molar-refractivity contribution in [3.8, 4) is 0 Å². The summed E-state index contributed by atoms with van der Waals surface area (Å²) in [7, 11) is 0. The number of hydrogen-bond acceptors (Lipinski definition) is 10. The predicted octanol–water partition coefficient (Wildman–Crippen LogP) is 1.62. The topological polar surface area (TPSA) is 210 Å². The first-order valence-electron chi connectivity index (χ1n) is 20.5. The minimum absolute atomic E-state index is 0.00153. The number of halogens is 2. The van der Waals surface area contributed by atoms with E-state index in [-0.39, 0.29) is 44.0 Å². The maximum Gasteiger partial charge on any atom is 0.329 e. The van der Waals surface area contributed by atoms with Crippen molar-refractivity contribution in [1.29, 1.82) is 0 Å². The monoisotopic (exact) mass is 839 g/mol. The number of benzene rings is 2. The van der Waals surface area contributed by atoms with E-state index in [4.69, 9.17) is 4.74 Å². The first-order chi connectivity index (χ1) is 28.4. The molecule has 4 heterocycles. The highest BCUT2D eigenvalue weighted by Gasteiger charge is 2.49. The molecule has 0 aliphatic carbocycles. The van der Waals surface area contributed by atoms with Crippen LogP contribution in [-0.2, 0) is 35.1 Å². The van der Waals surface area contributed by atoms with E-state index in [2.05, 4.69) is 21.3 Å². The van der Waals surface area contributed by atoms with Gasteiger partial charge in [0.15, 0.2) is 0 Å². The lowest BCUT2D eigenvalue weighted by molar-refractivity contribution is -0.163. The minimum Gasteiger partial charge on any atom is -0.458 e.